The first-order valence-electron chi connectivity index (χ1n) is 8.69. The number of nitro groups is 1. The number of pyridine rings is 1. The van der Waals surface area contributed by atoms with Crippen LogP contribution in [-0.2, 0) is 14.1 Å². The van der Waals surface area contributed by atoms with Crippen molar-refractivity contribution in [2.75, 3.05) is 0 Å². The maximum Gasteiger partial charge on any atom is 0.270 e. The predicted molar refractivity (Wildman–Crippen MR) is 115 cm³/mol. The van der Waals surface area contributed by atoms with Gasteiger partial charge in [-0.05, 0) is 24.3 Å². The average Bonchev–Trinajstić information content (AvgIpc) is 3.09. The van der Waals surface area contributed by atoms with Crippen LogP contribution >= 0.6 is 23.2 Å². The molecule has 30 heavy (non-hydrogen) atoms. The van der Waals surface area contributed by atoms with Crippen LogP contribution in [0, 0.1) is 10.1 Å². The highest BCUT2D eigenvalue weighted by molar-refractivity contribution is 6.35. The molecule has 152 valence electrons. The molecule has 0 aliphatic heterocycles. The number of fused-ring (bicyclic) bond motifs is 1. The summed E-state index contributed by atoms with van der Waals surface area (Å²) in [7, 11) is 3.30. The van der Waals surface area contributed by atoms with Crippen molar-refractivity contribution in [3.63, 3.8) is 0 Å². The Bertz CT molecular complexity index is 1380. The highest BCUT2D eigenvalue weighted by Gasteiger charge is 2.20. The number of nitro benzene ring substituents is 1. The molecule has 0 spiro atoms. The minimum absolute atomic E-state index is 0.127. The Hall–Kier alpha value is -3.36. The molecule has 0 unspecified atom stereocenters. The van der Waals surface area contributed by atoms with Gasteiger partial charge in [0.05, 0.1) is 15.3 Å². The summed E-state index contributed by atoms with van der Waals surface area (Å²) in [6.45, 7) is 0. The second kappa shape index (κ2) is 7.47. The number of ether oxygens (including phenoxy) is 1. The molecule has 0 aliphatic carbocycles. The summed E-state index contributed by atoms with van der Waals surface area (Å²) in [6, 6.07) is 8.96. The van der Waals surface area contributed by atoms with Gasteiger partial charge in [-0.25, -0.2) is 0 Å². The molecule has 2 aromatic heterocycles. The fourth-order valence-electron chi connectivity index (χ4n) is 3.15. The van der Waals surface area contributed by atoms with E-state index in [4.69, 9.17) is 27.9 Å². The highest BCUT2D eigenvalue weighted by Crippen LogP contribution is 2.40. The van der Waals surface area contributed by atoms with E-state index < -0.39 is 4.92 Å². The van der Waals surface area contributed by atoms with Gasteiger partial charge in [-0.15, -0.1) is 0 Å². The minimum Gasteiger partial charge on any atom is -0.455 e. The molecule has 0 amide bonds. The van der Waals surface area contributed by atoms with E-state index in [0.29, 0.717) is 38.6 Å². The van der Waals surface area contributed by atoms with Crippen molar-refractivity contribution >= 4 is 39.8 Å². The molecule has 0 saturated heterocycles. The maximum absolute atomic E-state index is 12.5. The second-order valence-electron chi connectivity index (χ2n) is 6.64. The van der Waals surface area contributed by atoms with Gasteiger partial charge in [0.2, 0.25) is 0 Å². The lowest BCUT2D eigenvalue weighted by molar-refractivity contribution is -0.384. The Morgan fingerprint density at radius 1 is 1.03 bits per heavy atom. The van der Waals surface area contributed by atoms with Crippen molar-refractivity contribution in [1.82, 2.24) is 14.3 Å². The number of aromatic nitrogens is 3. The third-order valence-electron chi connectivity index (χ3n) is 4.54. The molecule has 0 aliphatic rings. The first-order chi connectivity index (χ1) is 14.2. The summed E-state index contributed by atoms with van der Waals surface area (Å²) >= 11 is 12.2. The SMILES string of the molecule is Cn1cc2c(=O)n(C)cc(-c3cc([N+](=O)[O-])ccc3Oc3ccc(Cl)cc3Cl)c2n1. The number of nitrogens with zero attached hydrogens (tertiary/aromatic N) is 4. The van der Waals surface area contributed by atoms with Gasteiger partial charge in [-0.1, -0.05) is 23.2 Å². The molecule has 0 N–H and O–H groups in total. The lowest BCUT2D eigenvalue weighted by Crippen LogP contribution is -2.16. The zero-order chi connectivity index (χ0) is 21.6. The number of aryl methyl sites for hydroxylation is 2. The largest absolute Gasteiger partial charge is 0.455 e. The Kier molecular flexibility index (Phi) is 4.97. The van der Waals surface area contributed by atoms with E-state index >= 15 is 0 Å². The Morgan fingerprint density at radius 3 is 2.47 bits per heavy atom. The number of hydrogen-bond donors (Lipinski definition) is 0. The molecule has 0 fully saturated rings. The van der Waals surface area contributed by atoms with Gasteiger partial charge < -0.3 is 9.30 Å². The van der Waals surface area contributed by atoms with E-state index in [1.165, 1.54) is 33.5 Å². The van der Waals surface area contributed by atoms with Gasteiger partial charge in [-0.2, -0.15) is 5.10 Å². The Labute approximate surface area is 180 Å². The van der Waals surface area contributed by atoms with E-state index in [1.807, 2.05) is 0 Å². The highest BCUT2D eigenvalue weighted by atomic mass is 35.5. The van der Waals surface area contributed by atoms with Crippen LogP contribution in [0.1, 0.15) is 0 Å². The van der Waals surface area contributed by atoms with Crippen LogP contribution in [0.15, 0.2) is 53.6 Å². The van der Waals surface area contributed by atoms with Crippen LogP contribution in [0.5, 0.6) is 11.5 Å². The zero-order valence-electron chi connectivity index (χ0n) is 15.8. The molecular formula is C20H14Cl2N4O4. The quantitative estimate of drug-likeness (QED) is 0.328. The van der Waals surface area contributed by atoms with Crippen LogP contribution < -0.4 is 10.3 Å². The molecule has 0 atom stereocenters. The minimum atomic E-state index is -0.500. The van der Waals surface area contributed by atoms with Gasteiger partial charge in [0, 0.05) is 54.8 Å². The third kappa shape index (κ3) is 3.51. The number of rotatable bonds is 4. The zero-order valence-corrected chi connectivity index (χ0v) is 17.3. The van der Waals surface area contributed by atoms with E-state index in [9.17, 15) is 14.9 Å². The monoisotopic (exact) mass is 444 g/mol. The second-order valence-corrected chi connectivity index (χ2v) is 7.48. The lowest BCUT2D eigenvalue weighted by Gasteiger charge is -2.14. The number of benzene rings is 2. The number of halogens is 2. The summed E-state index contributed by atoms with van der Waals surface area (Å²) in [6.07, 6.45) is 3.18. The van der Waals surface area contributed by atoms with Crippen molar-refractivity contribution in [1.29, 1.82) is 0 Å². The molecule has 10 heteroatoms. The van der Waals surface area contributed by atoms with E-state index in [-0.39, 0.29) is 16.3 Å². The van der Waals surface area contributed by atoms with Crippen molar-refractivity contribution in [2.45, 2.75) is 0 Å². The summed E-state index contributed by atoms with van der Waals surface area (Å²) < 4.78 is 8.89. The summed E-state index contributed by atoms with van der Waals surface area (Å²) in [5, 5.41) is 16.9. The van der Waals surface area contributed by atoms with Crippen molar-refractivity contribution in [2.24, 2.45) is 14.1 Å². The van der Waals surface area contributed by atoms with Gasteiger partial charge in [0.1, 0.15) is 17.0 Å². The summed E-state index contributed by atoms with van der Waals surface area (Å²) in [5.74, 6) is 0.647. The fraction of sp³-hybridized carbons (Fsp3) is 0.100. The molecule has 4 aromatic rings. The van der Waals surface area contributed by atoms with E-state index in [1.54, 1.807) is 38.6 Å². The molecule has 8 nitrogen and oxygen atoms in total. The fourth-order valence-corrected chi connectivity index (χ4v) is 3.60. The van der Waals surface area contributed by atoms with Gasteiger partial charge >= 0.3 is 0 Å². The van der Waals surface area contributed by atoms with E-state index in [0.717, 1.165) is 0 Å². The lowest BCUT2D eigenvalue weighted by atomic mass is 10.0. The van der Waals surface area contributed by atoms with Crippen LogP contribution in [0.4, 0.5) is 5.69 Å². The summed E-state index contributed by atoms with van der Waals surface area (Å²) in [5.41, 5.74) is 0.965. The predicted octanol–water partition coefficient (Wildman–Crippen LogP) is 4.95. The Morgan fingerprint density at radius 2 is 1.77 bits per heavy atom. The van der Waals surface area contributed by atoms with Crippen molar-refractivity contribution in [3.8, 4) is 22.6 Å². The van der Waals surface area contributed by atoms with Crippen molar-refractivity contribution in [3.05, 3.63) is 79.3 Å². The first-order valence-corrected chi connectivity index (χ1v) is 9.45. The average molecular weight is 445 g/mol. The topological polar surface area (TPSA) is 92.2 Å². The van der Waals surface area contributed by atoms with Gasteiger partial charge in [0.25, 0.3) is 11.2 Å². The molecule has 0 bridgehead atoms. The summed E-state index contributed by atoms with van der Waals surface area (Å²) in [4.78, 5) is 23.4. The maximum atomic E-state index is 12.5. The molecule has 0 radical (unpaired) electrons. The van der Waals surface area contributed by atoms with Crippen LogP contribution in [0.25, 0.3) is 22.0 Å². The van der Waals surface area contributed by atoms with Crippen LogP contribution in [-0.4, -0.2) is 19.3 Å². The van der Waals surface area contributed by atoms with Gasteiger partial charge in [-0.3, -0.25) is 19.6 Å². The molecular weight excluding hydrogens is 431 g/mol. The van der Waals surface area contributed by atoms with Gasteiger partial charge in [0.15, 0.2) is 0 Å². The number of non-ortho nitro benzene ring substituents is 1. The number of hydrogen-bond acceptors (Lipinski definition) is 5. The molecule has 2 aromatic carbocycles. The van der Waals surface area contributed by atoms with Crippen LogP contribution in [0.3, 0.4) is 0 Å². The third-order valence-corrected chi connectivity index (χ3v) is 5.07. The standard InChI is InChI=1S/C20H14Cl2N4O4/c1-24-9-14(19-15(20(24)27)10-25(2)23-19)13-8-12(26(28)29)4-6-17(13)30-18-5-3-11(21)7-16(18)22/h3-10H,1-2H3. The van der Waals surface area contributed by atoms with Crippen LogP contribution in [0.2, 0.25) is 10.0 Å². The smallest absolute Gasteiger partial charge is 0.270 e. The molecule has 4 rings (SSSR count). The molecule has 0 saturated carbocycles. The molecule has 2 heterocycles. The van der Waals surface area contributed by atoms with E-state index in [2.05, 4.69) is 5.10 Å². The van der Waals surface area contributed by atoms with Crippen molar-refractivity contribution < 1.29 is 9.66 Å². The normalized spacial score (nSPS) is 11.1. The Balaban J connectivity index is 1.98. The first kappa shape index (κ1) is 19.9.